The van der Waals surface area contributed by atoms with Crippen molar-refractivity contribution in [1.82, 2.24) is 5.32 Å². The first-order valence-corrected chi connectivity index (χ1v) is 5.68. The van der Waals surface area contributed by atoms with Gasteiger partial charge >= 0.3 is 0 Å². The van der Waals surface area contributed by atoms with Gasteiger partial charge in [-0.15, -0.1) is 0 Å². The average molecular weight is 218 g/mol. The van der Waals surface area contributed by atoms with E-state index in [1.165, 1.54) is 5.56 Å². The number of carbonyl (C=O) groups is 1. The zero-order valence-electron chi connectivity index (χ0n) is 9.79. The van der Waals surface area contributed by atoms with Gasteiger partial charge in [0, 0.05) is 0 Å². The number of amides is 1. The van der Waals surface area contributed by atoms with Gasteiger partial charge in [0.2, 0.25) is 5.91 Å². The minimum Gasteiger partial charge on any atom is -0.348 e. The number of aryl methyl sites for hydroxylation is 1. The van der Waals surface area contributed by atoms with E-state index in [-0.39, 0.29) is 11.9 Å². The first-order valence-electron chi connectivity index (χ1n) is 5.68. The van der Waals surface area contributed by atoms with Gasteiger partial charge in [-0.2, -0.15) is 0 Å². The molecule has 1 aliphatic carbocycles. The van der Waals surface area contributed by atoms with Crippen LogP contribution >= 0.6 is 0 Å². The lowest BCUT2D eigenvalue weighted by Crippen LogP contribution is -2.43. The summed E-state index contributed by atoms with van der Waals surface area (Å²) in [7, 11) is 0. The predicted octanol–water partition coefficient (Wildman–Crippen LogP) is 1.66. The number of nitrogens with one attached hydrogen (secondary N) is 1. The molecule has 1 saturated carbocycles. The molecule has 0 spiro atoms. The highest BCUT2D eigenvalue weighted by Crippen LogP contribution is 2.33. The summed E-state index contributed by atoms with van der Waals surface area (Å²) >= 11 is 0. The summed E-state index contributed by atoms with van der Waals surface area (Å²) in [5.74, 6) is -0.0248. The number of benzene rings is 1. The van der Waals surface area contributed by atoms with Crippen LogP contribution in [0.4, 0.5) is 0 Å². The Morgan fingerprint density at radius 3 is 2.62 bits per heavy atom. The van der Waals surface area contributed by atoms with Crippen molar-refractivity contribution in [2.75, 3.05) is 0 Å². The van der Waals surface area contributed by atoms with Crippen molar-refractivity contribution >= 4 is 5.91 Å². The highest BCUT2D eigenvalue weighted by molar-refractivity contribution is 5.89. The van der Waals surface area contributed by atoms with Gasteiger partial charge in [-0.3, -0.25) is 4.79 Å². The molecule has 0 radical (unpaired) electrons. The fraction of sp³-hybridized carbons (Fsp3) is 0.462. The Labute approximate surface area is 96.0 Å². The largest absolute Gasteiger partial charge is 0.348 e. The second-order valence-electron chi connectivity index (χ2n) is 4.71. The van der Waals surface area contributed by atoms with Crippen molar-refractivity contribution < 1.29 is 4.79 Å². The SMILES string of the molecule is Cc1ccccc1[C@H](C)NC(=O)C1(N)CC1. The monoisotopic (exact) mass is 218 g/mol. The van der Waals surface area contributed by atoms with Crippen LogP contribution in [-0.2, 0) is 4.79 Å². The smallest absolute Gasteiger partial charge is 0.240 e. The maximum atomic E-state index is 11.8. The molecule has 0 bridgehead atoms. The summed E-state index contributed by atoms with van der Waals surface area (Å²) in [5, 5.41) is 2.98. The molecule has 86 valence electrons. The van der Waals surface area contributed by atoms with Crippen LogP contribution in [0.1, 0.15) is 36.9 Å². The van der Waals surface area contributed by atoms with Crippen LogP contribution in [0.5, 0.6) is 0 Å². The van der Waals surface area contributed by atoms with E-state index in [0.29, 0.717) is 0 Å². The third-order valence-corrected chi connectivity index (χ3v) is 3.24. The number of hydrogen-bond acceptors (Lipinski definition) is 2. The number of rotatable bonds is 3. The maximum absolute atomic E-state index is 11.8. The molecule has 0 aromatic heterocycles. The molecular weight excluding hydrogens is 200 g/mol. The van der Waals surface area contributed by atoms with Gasteiger partial charge in [0.1, 0.15) is 0 Å². The molecule has 1 atom stereocenters. The Morgan fingerprint density at radius 2 is 2.06 bits per heavy atom. The first kappa shape index (κ1) is 11.1. The quantitative estimate of drug-likeness (QED) is 0.810. The number of hydrogen-bond donors (Lipinski definition) is 2. The topological polar surface area (TPSA) is 55.1 Å². The van der Waals surface area contributed by atoms with E-state index >= 15 is 0 Å². The molecule has 16 heavy (non-hydrogen) atoms. The molecule has 1 fully saturated rings. The number of nitrogens with two attached hydrogens (primary N) is 1. The van der Waals surface area contributed by atoms with Crippen molar-refractivity contribution in [1.29, 1.82) is 0 Å². The highest BCUT2D eigenvalue weighted by atomic mass is 16.2. The third kappa shape index (κ3) is 2.09. The van der Waals surface area contributed by atoms with Gasteiger partial charge in [-0.25, -0.2) is 0 Å². The van der Waals surface area contributed by atoms with E-state index in [9.17, 15) is 4.79 Å². The molecule has 2 rings (SSSR count). The van der Waals surface area contributed by atoms with Crippen LogP contribution in [0.3, 0.4) is 0 Å². The summed E-state index contributed by atoms with van der Waals surface area (Å²) in [5.41, 5.74) is 7.60. The summed E-state index contributed by atoms with van der Waals surface area (Å²) < 4.78 is 0. The van der Waals surface area contributed by atoms with E-state index in [4.69, 9.17) is 5.73 Å². The van der Waals surface area contributed by atoms with Crippen molar-refractivity contribution in [2.24, 2.45) is 5.73 Å². The molecule has 1 aromatic rings. The minimum absolute atomic E-state index is 0.0229. The van der Waals surface area contributed by atoms with Crippen molar-refractivity contribution in [3.05, 3.63) is 35.4 Å². The van der Waals surface area contributed by atoms with Gasteiger partial charge in [0.15, 0.2) is 0 Å². The van der Waals surface area contributed by atoms with Gasteiger partial charge in [-0.05, 0) is 37.8 Å². The molecule has 3 heteroatoms. The van der Waals surface area contributed by atoms with Crippen LogP contribution in [0.2, 0.25) is 0 Å². The van der Waals surface area contributed by atoms with Crippen LogP contribution in [-0.4, -0.2) is 11.4 Å². The third-order valence-electron chi connectivity index (χ3n) is 3.24. The average Bonchev–Trinajstić information content (AvgIpc) is 2.98. The molecule has 3 N–H and O–H groups in total. The Bertz CT molecular complexity index is 410. The highest BCUT2D eigenvalue weighted by Gasteiger charge is 2.46. The molecule has 0 unspecified atom stereocenters. The van der Waals surface area contributed by atoms with Gasteiger partial charge in [-0.1, -0.05) is 24.3 Å². The summed E-state index contributed by atoms with van der Waals surface area (Å²) in [4.78, 5) is 11.8. The molecule has 0 aliphatic heterocycles. The van der Waals surface area contributed by atoms with Crippen molar-refractivity contribution in [3.63, 3.8) is 0 Å². The molecule has 3 nitrogen and oxygen atoms in total. The summed E-state index contributed by atoms with van der Waals surface area (Å²) in [6, 6.07) is 8.10. The Balaban J connectivity index is 2.06. The summed E-state index contributed by atoms with van der Waals surface area (Å²) in [6.45, 7) is 4.04. The summed E-state index contributed by atoms with van der Waals surface area (Å²) in [6.07, 6.45) is 1.61. The minimum atomic E-state index is -0.586. The van der Waals surface area contributed by atoms with Crippen LogP contribution in [0.25, 0.3) is 0 Å². The number of carbonyl (C=O) groups excluding carboxylic acids is 1. The van der Waals surface area contributed by atoms with Crippen molar-refractivity contribution in [3.8, 4) is 0 Å². The fourth-order valence-corrected chi connectivity index (χ4v) is 1.85. The van der Waals surface area contributed by atoms with Gasteiger partial charge < -0.3 is 11.1 Å². The molecule has 1 aromatic carbocycles. The van der Waals surface area contributed by atoms with E-state index in [1.54, 1.807) is 0 Å². The maximum Gasteiger partial charge on any atom is 0.240 e. The van der Waals surface area contributed by atoms with Crippen LogP contribution in [0, 0.1) is 6.92 Å². The van der Waals surface area contributed by atoms with E-state index in [0.717, 1.165) is 18.4 Å². The Morgan fingerprint density at radius 1 is 1.44 bits per heavy atom. The molecule has 1 amide bonds. The molecule has 1 aliphatic rings. The predicted molar refractivity (Wildman–Crippen MR) is 63.9 cm³/mol. The fourth-order valence-electron chi connectivity index (χ4n) is 1.85. The Kier molecular flexibility index (Phi) is 2.72. The van der Waals surface area contributed by atoms with Crippen molar-refractivity contribution in [2.45, 2.75) is 38.3 Å². The zero-order chi connectivity index (χ0) is 11.8. The molecular formula is C13H18N2O. The first-order chi connectivity index (χ1) is 7.53. The van der Waals surface area contributed by atoms with E-state index in [2.05, 4.69) is 5.32 Å². The van der Waals surface area contributed by atoms with Gasteiger partial charge in [0.05, 0.1) is 11.6 Å². The lowest BCUT2D eigenvalue weighted by Gasteiger charge is -2.18. The second kappa shape index (κ2) is 3.91. The van der Waals surface area contributed by atoms with E-state index < -0.39 is 5.54 Å². The van der Waals surface area contributed by atoms with E-state index in [1.807, 2.05) is 38.1 Å². The molecule has 0 heterocycles. The second-order valence-corrected chi connectivity index (χ2v) is 4.71. The van der Waals surface area contributed by atoms with Crippen LogP contribution < -0.4 is 11.1 Å². The molecule has 0 saturated heterocycles. The van der Waals surface area contributed by atoms with Gasteiger partial charge in [0.25, 0.3) is 0 Å². The van der Waals surface area contributed by atoms with Crippen LogP contribution in [0.15, 0.2) is 24.3 Å². The zero-order valence-corrected chi connectivity index (χ0v) is 9.79. The lowest BCUT2D eigenvalue weighted by molar-refractivity contribution is -0.123. The normalized spacial score (nSPS) is 18.9. The Hall–Kier alpha value is -1.35. The standard InChI is InChI=1S/C13H18N2O/c1-9-5-3-4-6-11(9)10(2)15-12(16)13(14)7-8-13/h3-6,10H,7-8,14H2,1-2H3,(H,15,16)/t10-/m0/s1. The lowest BCUT2D eigenvalue weighted by atomic mass is 10.0.